The lowest BCUT2D eigenvalue weighted by atomic mass is 10.1. The van der Waals surface area contributed by atoms with Gasteiger partial charge in [-0.15, -0.1) is 0 Å². The van der Waals surface area contributed by atoms with Crippen molar-refractivity contribution in [1.29, 1.82) is 0 Å². The van der Waals surface area contributed by atoms with Gasteiger partial charge in [0, 0.05) is 28.8 Å². The Morgan fingerprint density at radius 1 is 1.26 bits per heavy atom. The van der Waals surface area contributed by atoms with Crippen LogP contribution >= 0.6 is 0 Å². The van der Waals surface area contributed by atoms with Crippen LogP contribution in [0.4, 0.5) is 11.4 Å². The van der Waals surface area contributed by atoms with Crippen molar-refractivity contribution in [2.45, 2.75) is 13.3 Å². The maximum Gasteiger partial charge on any atom is 0.271 e. The minimum atomic E-state index is -0.498. The number of nitrogens with zero attached hydrogens (tertiary/aromatic N) is 1. The molecule has 0 radical (unpaired) electrons. The number of amides is 1. The molecule has 116 valence electrons. The molecule has 1 heterocycles. The zero-order valence-corrected chi connectivity index (χ0v) is 12.4. The molecular formula is C17H14N2O4. The summed E-state index contributed by atoms with van der Waals surface area (Å²) in [5, 5.41) is 14.3. The molecule has 0 unspecified atom stereocenters. The highest BCUT2D eigenvalue weighted by Gasteiger charge is 2.12. The molecule has 0 saturated heterocycles. The first-order valence-electron chi connectivity index (χ1n) is 7.04. The molecule has 3 rings (SSSR count). The van der Waals surface area contributed by atoms with Crippen LogP contribution in [0.25, 0.3) is 11.0 Å². The van der Waals surface area contributed by atoms with Gasteiger partial charge >= 0.3 is 0 Å². The molecule has 23 heavy (non-hydrogen) atoms. The number of carbonyl (C=O) groups is 1. The average Bonchev–Trinajstić information content (AvgIpc) is 2.89. The van der Waals surface area contributed by atoms with Crippen LogP contribution in [0, 0.1) is 17.0 Å². The van der Waals surface area contributed by atoms with Crippen LogP contribution in [-0.4, -0.2) is 10.8 Å². The Balaban J connectivity index is 1.77. The number of furan rings is 1. The highest BCUT2D eigenvalue weighted by Crippen LogP contribution is 2.23. The maximum atomic E-state index is 12.2. The van der Waals surface area contributed by atoms with Gasteiger partial charge in [0.15, 0.2) is 0 Å². The third kappa shape index (κ3) is 3.21. The molecule has 0 aliphatic heterocycles. The average molecular weight is 310 g/mol. The Hall–Kier alpha value is -3.15. The van der Waals surface area contributed by atoms with Crippen LogP contribution in [0.3, 0.4) is 0 Å². The van der Waals surface area contributed by atoms with Gasteiger partial charge < -0.3 is 9.73 Å². The van der Waals surface area contributed by atoms with Crippen molar-refractivity contribution < 1.29 is 14.1 Å². The lowest BCUT2D eigenvalue weighted by Crippen LogP contribution is -2.14. The van der Waals surface area contributed by atoms with E-state index in [2.05, 4.69) is 5.32 Å². The van der Waals surface area contributed by atoms with E-state index in [-0.39, 0.29) is 18.0 Å². The molecule has 1 aromatic heterocycles. The van der Waals surface area contributed by atoms with E-state index in [0.717, 1.165) is 22.1 Å². The predicted octanol–water partition coefficient (Wildman–Crippen LogP) is 3.83. The number of fused-ring (bicyclic) bond motifs is 1. The molecule has 3 aromatic rings. The summed E-state index contributed by atoms with van der Waals surface area (Å²) >= 11 is 0. The predicted molar refractivity (Wildman–Crippen MR) is 86.4 cm³/mol. The third-order valence-corrected chi connectivity index (χ3v) is 3.50. The minimum Gasteiger partial charge on any atom is -0.464 e. The first kappa shape index (κ1) is 14.8. The summed E-state index contributed by atoms with van der Waals surface area (Å²) in [6.07, 6.45) is 1.70. The number of hydrogen-bond acceptors (Lipinski definition) is 4. The van der Waals surface area contributed by atoms with Crippen LogP contribution in [0.15, 0.2) is 53.1 Å². The third-order valence-electron chi connectivity index (χ3n) is 3.50. The largest absolute Gasteiger partial charge is 0.464 e. The molecule has 2 aromatic carbocycles. The zero-order valence-electron chi connectivity index (χ0n) is 12.4. The Labute approximate surface area is 131 Å². The molecule has 0 spiro atoms. The van der Waals surface area contributed by atoms with Crippen LogP contribution in [0.1, 0.15) is 11.1 Å². The quantitative estimate of drug-likeness (QED) is 0.586. The van der Waals surface area contributed by atoms with Crippen LogP contribution < -0.4 is 5.32 Å². The van der Waals surface area contributed by atoms with E-state index in [1.807, 2.05) is 25.1 Å². The summed E-state index contributed by atoms with van der Waals surface area (Å²) in [4.78, 5) is 22.4. The van der Waals surface area contributed by atoms with E-state index >= 15 is 0 Å². The fourth-order valence-corrected chi connectivity index (χ4v) is 2.41. The second kappa shape index (κ2) is 5.92. The molecule has 0 saturated carbocycles. The first-order chi connectivity index (χ1) is 11.0. The van der Waals surface area contributed by atoms with E-state index in [4.69, 9.17) is 4.42 Å². The zero-order chi connectivity index (χ0) is 16.4. The summed E-state index contributed by atoms with van der Waals surface area (Å²) in [5.41, 5.74) is 2.93. The first-order valence-corrected chi connectivity index (χ1v) is 7.04. The molecule has 0 bridgehead atoms. The van der Waals surface area contributed by atoms with Gasteiger partial charge in [-0.1, -0.05) is 17.7 Å². The van der Waals surface area contributed by atoms with Crippen molar-refractivity contribution in [1.82, 2.24) is 0 Å². The summed E-state index contributed by atoms with van der Waals surface area (Å²) in [7, 11) is 0. The topological polar surface area (TPSA) is 85.4 Å². The highest BCUT2D eigenvalue weighted by atomic mass is 16.6. The normalized spacial score (nSPS) is 10.7. The molecule has 0 aliphatic rings. The van der Waals surface area contributed by atoms with Gasteiger partial charge in [-0.3, -0.25) is 14.9 Å². The SMILES string of the molecule is Cc1ccc2occ(CC(=O)Nc3cccc([N+](=O)[O-])c3)c2c1. The van der Waals surface area contributed by atoms with Gasteiger partial charge in [0.2, 0.25) is 5.91 Å². The Kier molecular flexibility index (Phi) is 3.80. The van der Waals surface area contributed by atoms with Crippen LogP contribution in [0.5, 0.6) is 0 Å². The van der Waals surface area contributed by atoms with Gasteiger partial charge in [-0.25, -0.2) is 0 Å². The fraction of sp³-hybridized carbons (Fsp3) is 0.118. The Bertz CT molecular complexity index is 898. The van der Waals surface area contributed by atoms with Gasteiger partial charge in [0.25, 0.3) is 5.69 Å². The number of benzene rings is 2. The van der Waals surface area contributed by atoms with E-state index < -0.39 is 4.92 Å². The fourth-order valence-electron chi connectivity index (χ4n) is 2.41. The van der Waals surface area contributed by atoms with E-state index in [1.165, 1.54) is 18.2 Å². The number of carbonyl (C=O) groups excluding carboxylic acids is 1. The summed E-state index contributed by atoms with van der Waals surface area (Å²) < 4.78 is 5.44. The second-order valence-electron chi connectivity index (χ2n) is 5.29. The number of rotatable bonds is 4. The molecule has 0 fully saturated rings. The smallest absolute Gasteiger partial charge is 0.271 e. The van der Waals surface area contributed by atoms with Crippen molar-refractivity contribution >= 4 is 28.3 Å². The standard InChI is InChI=1S/C17H14N2O4/c1-11-5-6-16-15(7-11)12(10-23-16)8-17(20)18-13-3-2-4-14(9-13)19(21)22/h2-7,9-10H,8H2,1H3,(H,18,20). The number of nitro benzene ring substituents is 1. The van der Waals surface area contributed by atoms with E-state index in [0.29, 0.717) is 5.69 Å². The van der Waals surface area contributed by atoms with Gasteiger partial charge in [-0.2, -0.15) is 0 Å². The summed E-state index contributed by atoms with van der Waals surface area (Å²) in [5.74, 6) is -0.255. The highest BCUT2D eigenvalue weighted by molar-refractivity contribution is 5.95. The number of non-ortho nitro benzene ring substituents is 1. The molecule has 1 amide bonds. The van der Waals surface area contributed by atoms with Gasteiger partial charge in [-0.05, 0) is 25.1 Å². The van der Waals surface area contributed by atoms with Gasteiger partial charge in [0.1, 0.15) is 5.58 Å². The summed E-state index contributed by atoms with van der Waals surface area (Å²) in [6.45, 7) is 1.97. The van der Waals surface area contributed by atoms with Crippen molar-refractivity contribution in [3.05, 3.63) is 70.0 Å². The Morgan fingerprint density at radius 3 is 2.87 bits per heavy atom. The lowest BCUT2D eigenvalue weighted by Gasteiger charge is -2.04. The van der Waals surface area contributed by atoms with Crippen molar-refractivity contribution in [3.8, 4) is 0 Å². The number of nitro groups is 1. The molecule has 1 N–H and O–H groups in total. The van der Waals surface area contributed by atoms with Crippen molar-refractivity contribution in [2.24, 2.45) is 0 Å². The second-order valence-corrected chi connectivity index (χ2v) is 5.29. The Morgan fingerprint density at radius 2 is 2.09 bits per heavy atom. The van der Waals surface area contributed by atoms with E-state index in [9.17, 15) is 14.9 Å². The molecule has 0 atom stereocenters. The van der Waals surface area contributed by atoms with Crippen LogP contribution in [0.2, 0.25) is 0 Å². The number of anilines is 1. The monoisotopic (exact) mass is 310 g/mol. The molecule has 6 heteroatoms. The number of nitrogens with one attached hydrogen (secondary N) is 1. The van der Waals surface area contributed by atoms with Gasteiger partial charge in [0.05, 0.1) is 17.6 Å². The molecule has 0 aliphatic carbocycles. The van der Waals surface area contributed by atoms with Crippen LogP contribution in [-0.2, 0) is 11.2 Å². The minimum absolute atomic E-state index is 0.0628. The number of hydrogen-bond donors (Lipinski definition) is 1. The van der Waals surface area contributed by atoms with E-state index in [1.54, 1.807) is 12.3 Å². The number of aryl methyl sites for hydroxylation is 1. The molecule has 6 nitrogen and oxygen atoms in total. The van der Waals surface area contributed by atoms with Crippen molar-refractivity contribution in [3.63, 3.8) is 0 Å². The maximum absolute atomic E-state index is 12.2. The van der Waals surface area contributed by atoms with Crippen molar-refractivity contribution in [2.75, 3.05) is 5.32 Å². The molecular weight excluding hydrogens is 296 g/mol. The lowest BCUT2D eigenvalue weighted by molar-refractivity contribution is -0.384. The summed E-state index contributed by atoms with van der Waals surface area (Å²) in [6, 6.07) is 11.6.